The van der Waals surface area contributed by atoms with Gasteiger partial charge < -0.3 is 14.4 Å². The molecule has 5 nitrogen and oxygen atoms in total. The Balaban J connectivity index is 1.23. The molecular formula is C28H26FNO4. The van der Waals surface area contributed by atoms with Crippen molar-refractivity contribution in [2.45, 2.75) is 25.4 Å². The molecule has 6 heteroatoms. The van der Waals surface area contributed by atoms with Crippen molar-refractivity contribution in [1.29, 1.82) is 0 Å². The number of nitrogens with zero attached hydrogens (tertiary/aromatic N) is 1. The van der Waals surface area contributed by atoms with Crippen molar-refractivity contribution in [1.82, 2.24) is 4.90 Å². The maximum atomic E-state index is 14.1. The number of halogens is 1. The minimum Gasteiger partial charge on any atom is -0.491 e. The number of hydrogen-bond acceptors (Lipinski definition) is 4. The number of hydrogen-bond donors (Lipinski definition) is 0. The lowest BCUT2D eigenvalue weighted by molar-refractivity contribution is -0.140. The van der Waals surface area contributed by atoms with Crippen LogP contribution in [-0.2, 0) is 9.53 Å². The summed E-state index contributed by atoms with van der Waals surface area (Å²) in [5.74, 6) is -0.486. The van der Waals surface area contributed by atoms with Crippen LogP contribution in [0.2, 0.25) is 0 Å². The first-order valence-electron chi connectivity index (χ1n) is 11.5. The highest BCUT2D eigenvalue weighted by molar-refractivity contribution is 5.94. The van der Waals surface area contributed by atoms with E-state index in [2.05, 4.69) is 24.3 Å². The van der Waals surface area contributed by atoms with Crippen molar-refractivity contribution in [3.05, 3.63) is 89.2 Å². The molecule has 1 fully saturated rings. The van der Waals surface area contributed by atoms with E-state index in [1.165, 1.54) is 41.3 Å². The zero-order chi connectivity index (χ0) is 23.7. The molecular weight excluding hydrogens is 433 g/mol. The first kappa shape index (κ1) is 22.3. The molecule has 5 rings (SSSR count). The van der Waals surface area contributed by atoms with E-state index >= 15 is 0 Å². The molecule has 3 aromatic rings. The summed E-state index contributed by atoms with van der Waals surface area (Å²) in [4.78, 5) is 26.5. The van der Waals surface area contributed by atoms with Crippen LogP contribution in [0, 0.1) is 5.82 Å². The summed E-state index contributed by atoms with van der Waals surface area (Å²) in [6, 6.07) is 20.8. The molecule has 2 aliphatic rings. The molecule has 1 aliphatic heterocycles. The number of morpholine rings is 1. The minimum atomic E-state index is -0.608. The summed E-state index contributed by atoms with van der Waals surface area (Å²) in [5.41, 5.74) is 4.83. The number of carbonyl (C=O) groups excluding carboxylic acids is 2. The Morgan fingerprint density at radius 3 is 2.35 bits per heavy atom. The zero-order valence-corrected chi connectivity index (χ0v) is 19.0. The lowest BCUT2D eigenvalue weighted by atomic mass is 9.93. The summed E-state index contributed by atoms with van der Waals surface area (Å²) in [5, 5.41) is 0. The second-order valence-corrected chi connectivity index (χ2v) is 8.77. The minimum absolute atomic E-state index is 0.0353. The first-order valence-corrected chi connectivity index (χ1v) is 11.5. The second-order valence-electron chi connectivity index (χ2n) is 8.77. The Kier molecular flexibility index (Phi) is 6.16. The van der Waals surface area contributed by atoms with E-state index in [-0.39, 0.29) is 35.9 Å². The van der Waals surface area contributed by atoms with Crippen molar-refractivity contribution in [3.63, 3.8) is 0 Å². The van der Waals surface area contributed by atoms with Crippen LogP contribution in [0.25, 0.3) is 11.1 Å². The standard InChI is InChI=1S/C28H26FNO4/c1-18(31)21-11-10-19(14-27(21)29)34-17-20-16-30(12-13-33-20)28(32)15-26-24-8-4-2-6-22(24)23-7-3-5-9-25(23)26/h2-11,14,20,26H,12-13,15-17H2,1H3. The molecule has 3 aromatic carbocycles. The molecule has 1 atom stereocenters. The summed E-state index contributed by atoms with van der Waals surface area (Å²) in [6.45, 7) is 2.90. The lowest BCUT2D eigenvalue weighted by Gasteiger charge is -2.33. The van der Waals surface area contributed by atoms with Gasteiger partial charge in [0, 0.05) is 24.9 Å². The van der Waals surface area contributed by atoms with Gasteiger partial charge in [-0.25, -0.2) is 4.39 Å². The van der Waals surface area contributed by atoms with Crippen LogP contribution in [0.4, 0.5) is 4.39 Å². The maximum absolute atomic E-state index is 14.1. The fraction of sp³-hybridized carbons (Fsp3) is 0.286. The van der Waals surface area contributed by atoms with Gasteiger partial charge in [-0.3, -0.25) is 9.59 Å². The zero-order valence-electron chi connectivity index (χ0n) is 19.0. The predicted molar refractivity (Wildman–Crippen MR) is 127 cm³/mol. The van der Waals surface area contributed by atoms with Crippen LogP contribution in [-0.4, -0.2) is 49.0 Å². The number of amides is 1. The van der Waals surface area contributed by atoms with E-state index in [0.717, 1.165) is 0 Å². The summed E-state index contributed by atoms with van der Waals surface area (Å²) < 4.78 is 25.5. The van der Waals surface area contributed by atoms with E-state index in [9.17, 15) is 14.0 Å². The number of ketones is 1. The molecule has 1 saturated heterocycles. The summed E-state index contributed by atoms with van der Waals surface area (Å²) >= 11 is 0. The van der Waals surface area contributed by atoms with Crippen LogP contribution in [0.15, 0.2) is 66.7 Å². The van der Waals surface area contributed by atoms with Crippen LogP contribution in [0.5, 0.6) is 5.75 Å². The Morgan fingerprint density at radius 2 is 1.71 bits per heavy atom. The monoisotopic (exact) mass is 459 g/mol. The lowest BCUT2D eigenvalue weighted by Crippen LogP contribution is -2.47. The molecule has 0 bridgehead atoms. The van der Waals surface area contributed by atoms with Gasteiger partial charge in [0.05, 0.1) is 18.7 Å². The number of carbonyl (C=O) groups is 2. The average molecular weight is 460 g/mol. The Hall–Kier alpha value is -3.51. The highest BCUT2D eigenvalue weighted by Gasteiger charge is 2.32. The molecule has 1 unspecified atom stereocenters. The summed E-state index contributed by atoms with van der Waals surface area (Å²) in [7, 11) is 0. The predicted octanol–water partition coefficient (Wildman–Crippen LogP) is 4.84. The number of rotatable bonds is 6. The van der Waals surface area contributed by atoms with Gasteiger partial charge in [-0.1, -0.05) is 48.5 Å². The van der Waals surface area contributed by atoms with E-state index < -0.39 is 5.82 Å². The maximum Gasteiger partial charge on any atom is 0.223 e. The van der Waals surface area contributed by atoms with Crippen molar-refractivity contribution < 1.29 is 23.5 Å². The van der Waals surface area contributed by atoms with Crippen molar-refractivity contribution in [3.8, 4) is 16.9 Å². The quantitative estimate of drug-likeness (QED) is 0.495. The first-order chi connectivity index (χ1) is 16.5. The highest BCUT2D eigenvalue weighted by atomic mass is 19.1. The van der Waals surface area contributed by atoms with Gasteiger partial charge in [0.1, 0.15) is 24.3 Å². The highest BCUT2D eigenvalue weighted by Crippen LogP contribution is 2.46. The second kappa shape index (κ2) is 9.39. The van der Waals surface area contributed by atoms with Crippen LogP contribution >= 0.6 is 0 Å². The van der Waals surface area contributed by atoms with E-state index in [1.54, 1.807) is 6.07 Å². The van der Waals surface area contributed by atoms with E-state index in [4.69, 9.17) is 9.47 Å². The molecule has 174 valence electrons. The van der Waals surface area contributed by atoms with Gasteiger partial charge in [0.15, 0.2) is 5.78 Å². The Morgan fingerprint density at radius 1 is 1.03 bits per heavy atom. The Bertz CT molecular complexity index is 1200. The topological polar surface area (TPSA) is 55.8 Å². The molecule has 1 amide bonds. The number of Topliss-reactive ketones (excluding diaryl/α,β-unsaturated/α-hetero) is 1. The van der Waals surface area contributed by atoms with E-state index in [0.29, 0.717) is 31.9 Å². The van der Waals surface area contributed by atoms with E-state index in [1.807, 2.05) is 29.2 Å². The SMILES string of the molecule is CC(=O)c1ccc(OCC2CN(C(=O)CC3c4ccccc4-c4ccccc43)CCO2)cc1F. The number of fused-ring (bicyclic) bond motifs is 3. The van der Waals surface area contributed by atoms with Gasteiger partial charge in [0.25, 0.3) is 0 Å². The molecule has 0 N–H and O–H groups in total. The number of benzene rings is 3. The van der Waals surface area contributed by atoms with Crippen LogP contribution < -0.4 is 4.74 Å². The summed E-state index contributed by atoms with van der Waals surface area (Å²) in [6.07, 6.45) is 0.0932. The van der Waals surface area contributed by atoms with Crippen molar-refractivity contribution in [2.24, 2.45) is 0 Å². The largest absolute Gasteiger partial charge is 0.491 e. The van der Waals surface area contributed by atoms with Crippen molar-refractivity contribution >= 4 is 11.7 Å². The normalized spacial score (nSPS) is 17.2. The third kappa shape index (κ3) is 4.33. The van der Waals surface area contributed by atoms with Gasteiger partial charge in [0.2, 0.25) is 5.91 Å². The van der Waals surface area contributed by atoms with Gasteiger partial charge in [-0.05, 0) is 41.3 Å². The fourth-order valence-corrected chi connectivity index (χ4v) is 4.89. The smallest absolute Gasteiger partial charge is 0.223 e. The fourth-order valence-electron chi connectivity index (χ4n) is 4.89. The molecule has 0 aromatic heterocycles. The Labute approximate surface area is 198 Å². The van der Waals surface area contributed by atoms with Crippen LogP contribution in [0.1, 0.15) is 40.7 Å². The van der Waals surface area contributed by atoms with Gasteiger partial charge in [-0.15, -0.1) is 0 Å². The molecule has 0 saturated carbocycles. The molecule has 1 aliphatic carbocycles. The molecule has 0 radical (unpaired) electrons. The molecule has 1 heterocycles. The third-order valence-corrected chi connectivity index (χ3v) is 6.59. The third-order valence-electron chi connectivity index (χ3n) is 6.59. The molecule has 0 spiro atoms. The van der Waals surface area contributed by atoms with Gasteiger partial charge in [-0.2, -0.15) is 0 Å². The van der Waals surface area contributed by atoms with Gasteiger partial charge >= 0.3 is 0 Å². The molecule has 34 heavy (non-hydrogen) atoms. The van der Waals surface area contributed by atoms with Crippen LogP contribution in [0.3, 0.4) is 0 Å². The van der Waals surface area contributed by atoms with Crippen molar-refractivity contribution in [2.75, 3.05) is 26.3 Å². The number of ether oxygens (including phenoxy) is 2. The average Bonchev–Trinajstić information content (AvgIpc) is 3.16.